The Balaban J connectivity index is 3.40. The van der Waals surface area contributed by atoms with Gasteiger partial charge in [-0.1, -0.05) is 0 Å². The molecule has 0 spiro atoms. The molecule has 1 rings (SSSR count). The lowest BCUT2D eigenvalue weighted by atomic mass is 10.1. The summed E-state index contributed by atoms with van der Waals surface area (Å²) in [4.78, 5) is 11.0. The number of carbonyl (C=O) groups excluding carboxylic acids is 1. The monoisotopic (exact) mass is 218 g/mol. The number of hydrogen-bond donors (Lipinski definition) is 1. The van der Waals surface area contributed by atoms with E-state index < -0.39 is 34.7 Å². The average molecular weight is 218 g/mol. The number of esters is 1. The van der Waals surface area contributed by atoms with Crippen LogP contribution < -0.4 is 4.74 Å². The van der Waals surface area contributed by atoms with Gasteiger partial charge in [-0.2, -0.15) is 0 Å². The second-order valence-electron chi connectivity index (χ2n) is 2.59. The number of benzene rings is 1. The number of aromatic hydroxyl groups is 1. The maximum atomic E-state index is 13.3. The Kier molecular flexibility index (Phi) is 3.08. The van der Waals surface area contributed by atoms with E-state index in [-0.39, 0.29) is 0 Å². The fraction of sp³-hybridized carbons (Fsp3) is 0.222. The summed E-state index contributed by atoms with van der Waals surface area (Å²) >= 11 is 0. The molecule has 15 heavy (non-hydrogen) atoms. The van der Waals surface area contributed by atoms with Gasteiger partial charge in [-0.05, 0) is 6.07 Å². The lowest BCUT2D eigenvalue weighted by molar-refractivity contribution is 0.0593. The second kappa shape index (κ2) is 4.12. The molecule has 1 aromatic rings. The van der Waals surface area contributed by atoms with Crippen molar-refractivity contribution in [3.05, 3.63) is 23.3 Å². The molecule has 0 saturated carbocycles. The van der Waals surface area contributed by atoms with Gasteiger partial charge in [0.25, 0.3) is 0 Å². The fourth-order valence-corrected chi connectivity index (χ4v) is 1.05. The van der Waals surface area contributed by atoms with Gasteiger partial charge in [-0.15, -0.1) is 0 Å². The minimum Gasteiger partial charge on any atom is -0.502 e. The van der Waals surface area contributed by atoms with Crippen LogP contribution in [-0.4, -0.2) is 25.3 Å². The van der Waals surface area contributed by atoms with Gasteiger partial charge in [-0.3, -0.25) is 0 Å². The van der Waals surface area contributed by atoms with Gasteiger partial charge in [0.15, 0.2) is 23.1 Å². The summed E-state index contributed by atoms with van der Waals surface area (Å²) in [6.07, 6.45) is 0. The molecular formula is C9H8F2O4. The van der Waals surface area contributed by atoms with Crippen LogP contribution in [0.15, 0.2) is 6.07 Å². The molecule has 0 unspecified atom stereocenters. The number of rotatable bonds is 2. The van der Waals surface area contributed by atoms with Crippen LogP contribution in [0.3, 0.4) is 0 Å². The lowest BCUT2D eigenvalue weighted by Gasteiger charge is -2.08. The molecule has 0 fully saturated rings. The first-order valence-corrected chi connectivity index (χ1v) is 3.86. The van der Waals surface area contributed by atoms with Crippen molar-refractivity contribution in [3.63, 3.8) is 0 Å². The molecule has 0 saturated heterocycles. The van der Waals surface area contributed by atoms with Crippen LogP contribution in [-0.2, 0) is 4.74 Å². The van der Waals surface area contributed by atoms with Gasteiger partial charge in [0.05, 0.1) is 14.2 Å². The maximum Gasteiger partial charge on any atom is 0.341 e. The zero-order chi connectivity index (χ0) is 11.6. The number of carbonyl (C=O) groups is 1. The fourth-order valence-electron chi connectivity index (χ4n) is 1.05. The SMILES string of the molecule is COC(=O)c1cc(F)c(OC)c(O)c1F. The third-order valence-corrected chi connectivity index (χ3v) is 1.76. The van der Waals surface area contributed by atoms with E-state index in [0.29, 0.717) is 6.07 Å². The molecule has 0 heterocycles. The Morgan fingerprint density at radius 1 is 1.40 bits per heavy atom. The maximum absolute atomic E-state index is 13.3. The largest absolute Gasteiger partial charge is 0.502 e. The van der Waals surface area contributed by atoms with Crippen molar-refractivity contribution >= 4 is 5.97 Å². The highest BCUT2D eigenvalue weighted by molar-refractivity contribution is 5.90. The van der Waals surface area contributed by atoms with Crippen molar-refractivity contribution in [1.82, 2.24) is 0 Å². The first-order valence-electron chi connectivity index (χ1n) is 3.86. The van der Waals surface area contributed by atoms with Crippen molar-refractivity contribution < 1.29 is 28.2 Å². The van der Waals surface area contributed by atoms with Gasteiger partial charge >= 0.3 is 5.97 Å². The third-order valence-electron chi connectivity index (χ3n) is 1.76. The van der Waals surface area contributed by atoms with Crippen molar-refractivity contribution in [2.75, 3.05) is 14.2 Å². The number of phenolic OH excluding ortho intramolecular Hbond substituents is 1. The van der Waals surface area contributed by atoms with Crippen LogP contribution in [0.2, 0.25) is 0 Å². The molecule has 0 aliphatic heterocycles. The number of hydrogen-bond acceptors (Lipinski definition) is 4. The quantitative estimate of drug-likeness (QED) is 0.763. The highest BCUT2D eigenvalue weighted by Crippen LogP contribution is 2.34. The molecule has 0 atom stereocenters. The number of methoxy groups -OCH3 is 2. The molecule has 0 bridgehead atoms. The van der Waals surface area contributed by atoms with E-state index in [4.69, 9.17) is 5.11 Å². The van der Waals surface area contributed by atoms with E-state index >= 15 is 0 Å². The summed E-state index contributed by atoms with van der Waals surface area (Å²) in [6.45, 7) is 0. The van der Waals surface area contributed by atoms with Crippen LogP contribution in [0, 0.1) is 11.6 Å². The van der Waals surface area contributed by atoms with Crippen LogP contribution in [0.1, 0.15) is 10.4 Å². The minimum atomic E-state index is -1.28. The Bertz CT molecular complexity index is 404. The summed E-state index contributed by atoms with van der Waals surface area (Å²) in [5.74, 6) is -5.11. The molecule has 6 heteroatoms. The van der Waals surface area contributed by atoms with Crippen LogP contribution in [0.25, 0.3) is 0 Å². The van der Waals surface area contributed by atoms with Crippen LogP contribution in [0.5, 0.6) is 11.5 Å². The Morgan fingerprint density at radius 3 is 2.47 bits per heavy atom. The number of phenols is 1. The predicted molar refractivity (Wildman–Crippen MR) is 45.9 cm³/mol. The van der Waals surface area contributed by atoms with Gasteiger partial charge in [-0.25, -0.2) is 13.6 Å². The summed E-state index contributed by atoms with van der Waals surface area (Å²) < 4.78 is 35.0. The van der Waals surface area contributed by atoms with Gasteiger partial charge in [0, 0.05) is 0 Å². The molecule has 82 valence electrons. The molecule has 1 aromatic carbocycles. The summed E-state index contributed by atoms with van der Waals surface area (Å²) in [6, 6.07) is 0.597. The second-order valence-corrected chi connectivity index (χ2v) is 2.59. The van der Waals surface area contributed by atoms with Crippen molar-refractivity contribution in [1.29, 1.82) is 0 Å². The Labute approximate surface area is 84.0 Å². The summed E-state index contributed by atoms with van der Waals surface area (Å²) in [5.41, 5.74) is -0.687. The van der Waals surface area contributed by atoms with Gasteiger partial charge < -0.3 is 14.6 Å². The topological polar surface area (TPSA) is 55.8 Å². The lowest BCUT2D eigenvalue weighted by Crippen LogP contribution is -2.06. The van der Waals surface area contributed by atoms with E-state index in [0.717, 1.165) is 14.2 Å². The molecule has 0 radical (unpaired) electrons. The van der Waals surface area contributed by atoms with Gasteiger partial charge in [0.2, 0.25) is 0 Å². The normalized spacial score (nSPS) is 9.87. The molecule has 0 aromatic heterocycles. The van der Waals surface area contributed by atoms with E-state index in [1.165, 1.54) is 0 Å². The van der Waals surface area contributed by atoms with E-state index in [9.17, 15) is 13.6 Å². The van der Waals surface area contributed by atoms with Crippen molar-refractivity contribution in [3.8, 4) is 11.5 Å². The van der Waals surface area contributed by atoms with E-state index in [1.54, 1.807) is 0 Å². The first-order chi connectivity index (χ1) is 7.02. The molecule has 4 nitrogen and oxygen atoms in total. The molecule has 0 aliphatic carbocycles. The molecule has 1 N–H and O–H groups in total. The van der Waals surface area contributed by atoms with Crippen molar-refractivity contribution in [2.45, 2.75) is 0 Å². The zero-order valence-corrected chi connectivity index (χ0v) is 8.01. The molecule has 0 aliphatic rings. The third kappa shape index (κ3) is 1.83. The summed E-state index contributed by atoms with van der Waals surface area (Å²) in [7, 11) is 2.08. The van der Waals surface area contributed by atoms with E-state index in [1.807, 2.05) is 0 Å². The Hall–Kier alpha value is -1.85. The van der Waals surface area contributed by atoms with Crippen LogP contribution in [0.4, 0.5) is 8.78 Å². The zero-order valence-electron chi connectivity index (χ0n) is 8.01. The van der Waals surface area contributed by atoms with Crippen molar-refractivity contribution in [2.24, 2.45) is 0 Å². The van der Waals surface area contributed by atoms with Gasteiger partial charge in [0.1, 0.15) is 5.56 Å². The summed E-state index contributed by atoms with van der Waals surface area (Å²) in [5, 5.41) is 9.16. The number of halogens is 2. The first kappa shape index (κ1) is 11.2. The average Bonchev–Trinajstić information content (AvgIpc) is 2.23. The molecule has 0 amide bonds. The highest BCUT2D eigenvalue weighted by atomic mass is 19.1. The minimum absolute atomic E-state index is 0.597. The smallest absolute Gasteiger partial charge is 0.341 e. The number of ether oxygens (including phenoxy) is 2. The van der Waals surface area contributed by atoms with Crippen LogP contribution >= 0.6 is 0 Å². The Morgan fingerprint density at radius 2 is 2.00 bits per heavy atom. The predicted octanol–water partition coefficient (Wildman–Crippen LogP) is 1.47. The standard InChI is InChI=1S/C9H8F2O4/c1-14-8-5(10)3-4(9(13)15-2)6(11)7(8)12/h3,12H,1-2H3. The molecular weight excluding hydrogens is 210 g/mol. The van der Waals surface area contributed by atoms with E-state index in [2.05, 4.69) is 9.47 Å². The highest BCUT2D eigenvalue weighted by Gasteiger charge is 2.23.